The van der Waals surface area contributed by atoms with E-state index in [9.17, 15) is 9.90 Å². The molecule has 1 aliphatic heterocycles. The molecule has 0 saturated heterocycles. The molecule has 3 rings (SSSR count). The molecular weight excluding hydrogens is 412 g/mol. The number of hydrogen-bond donors (Lipinski definition) is 1. The fourth-order valence-electron chi connectivity index (χ4n) is 3.85. The first-order valence-electron chi connectivity index (χ1n) is 11.0. The van der Waals surface area contributed by atoms with Crippen LogP contribution in [-0.2, 0) is 16.0 Å². The van der Waals surface area contributed by atoms with Gasteiger partial charge in [-0.15, -0.1) is 11.3 Å². The van der Waals surface area contributed by atoms with Crippen LogP contribution in [0.3, 0.4) is 0 Å². The molecule has 31 heavy (non-hydrogen) atoms. The summed E-state index contributed by atoms with van der Waals surface area (Å²) in [5.41, 5.74) is 2.38. The lowest BCUT2D eigenvalue weighted by atomic mass is 10.0. The molecular formula is C24H34N2O4S. The maximum absolute atomic E-state index is 13.3. The molecule has 1 N–H and O–H groups in total. The van der Waals surface area contributed by atoms with E-state index in [0.29, 0.717) is 39.3 Å². The molecule has 2 unspecified atom stereocenters. The van der Waals surface area contributed by atoms with E-state index in [1.54, 1.807) is 18.4 Å². The quantitative estimate of drug-likeness (QED) is 0.574. The summed E-state index contributed by atoms with van der Waals surface area (Å²) in [6.45, 7) is 6.97. The van der Waals surface area contributed by atoms with Crippen molar-refractivity contribution < 1.29 is 19.4 Å². The van der Waals surface area contributed by atoms with Crippen molar-refractivity contribution in [3.8, 4) is 5.75 Å². The minimum absolute atomic E-state index is 0.0637. The van der Waals surface area contributed by atoms with Crippen molar-refractivity contribution >= 4 is 17.2 Å². The number of aryl methyl sites for hydroxylation is 1. The van der Waals surface area contributed by atoms with Gasteiger partial charge in [0.2, 0.25) is 5.91 Å². The van der Waals surface area contributed by atoms with Crippen LogP contribution >= 0.6 is 11.3 Å². The summed E-state index contributed by atoms with van der Waals surface area (Å²) in [5.74, 6) is 0.877. The minimum Gasteiger partial charge on any atom is -0.491 e. The first kappa shape index (κ1) is 23.7. The SMILES string of the molecule is CCC(O)CN(CCOC)CC(=O)N1CCc2sccc2C1COc1ccc(C)cc1. The number of carbonyl (C=O) groups excluding carboxylic acids is 1. The number of fused-ring (bicyclic) bond motifs is 1. The lowest BCUT2D eigenvalue weighted by molar-refractivity contribution is -0.136. The Bertz CT molecular complexity index is 823. The predicted molar refractivity (Wildman–Crippen MR) is 124 cm³/mol. The summed E-state index contributed by atoms with van der Waals surface area (Å²) in [6, 6.07) is 10.0. The van der Waals surface area contributed by atoms with Crippen LogP contribution in [0.2, 0.25) is 0 Å². The van der Waals surface area contributed by atoms with Gasteiger partial charge in [-0.2, -0.15) is 0 Å². The number of hydrogen-bond acceptors (Lipinski definition) is 6. The normalized spacial score (nSPS) is 16.9. The maximum atomic E-state index is 13.3. The molecule has 7 heteroatoms. The standard InChI is InChI=1S/C24H34N2O4S/c1-4-19(27)15-25(12-13-29-3)16-24(28)26-11-9-23-21(10-14-31-23)22(26)17-30-20-7-5-18(2)6-8-20/h5-8,10,14,19,22,27H,4,9,11-13,15-17H2,1-3H3. The molecule has 0 spiro atoms. The van der Waals surface area contributed by atoms with E-state index < -0.39 is 6.10 Å². The summed E-state index contributed by atoms with van der Waals surface area (Å²) >= 11 is 1.75. The molecule has 1 amide bonds. The molecule has 2 heterocycles. The second-order valence-corrected chi connectivity index (χ2v) is 9.07. The second kappa shape index (κ2) is 11.6. The van der Waals surface area contributed by atoms with Gasteiger partial charge in [-0.25, -0.2) is 0 Å². The molecule has 6 nitrogen and oxygen atoms in total. The molecule has 2 aromatic rings. The lowest BCUT2D eigenvalue weighted by Gasteiger charge is -2.37. The third-order valence-electron chi connectivity index (χ3n) is 5.75. The Morgan fingerprint density at radius 1 is 1.32 bits per heavy atom. The Morgan fingerprint density at radius 2 is 2.10 bits per heavy atom. The second-order valence-electron chi connectivity index (χ2n) is 8.07. The first-order chi connectivity index (χ1) is 15.0. The molecule has 0 bridgehead atoms. The Balaban J connectivity index is 1.71. The molecule has 0 aliphatic carbocycles. The van der Waals surface area contributed by atoms with Gasteiger partial charge in [0.15, 0.2) is 0 Å². The van der Waals surface area contributed by atoms with Gasteiger partial charge < -0.3 is 19.5 Å². The van der Waals surface area contributed by atoms with E-state index in [1.165, 1.54) is 16.0 Å². The van der Waals surface area contributed by atoms with Crippen LogP contribution in [0.4, 0.5) is 0 Å². The van der Waals surface area contributed by atoms with Crippen molar-refractivity contribution in [3.63, 3.8) is 0 Å². The van der Waals surface area contributed by atoms with Crippen LogP contribution in [0.1, 0.15) is 35.4 Å². The average Bonchev–Trinajstić information content (AvgIpc) is 3.25. The summed E-state index contributed by atoms with van der Waals surface area (Å²) in [7, 11) is 1.65. The van der Waals surface area contributed by atoms with Crippen LogP contribution < -0.4 is 4.74 Å². The van der Waals surface area contributed by atoms with Crippen molar-refractivity contribution in [1.29, 1.82) is 0 Å². The minimum atomic E-state index is -0.449. The molecule has 1 aliphatic rings. The highest BCUT2D eigenvalue weighted by Gasteiger charge is 2.33. The molecule has 1 aromatic heterocycles. The van der Waals surface area contributed by atoms with Gasteiger partial charge in [0, 0.05) is 31.6 Å². The summed E-state index contributed by atoms with van der Waals surface area (Å²) < 4.78 is 11.3. The van der Waals surface area contributed by atoms with E-state index in [2.05, 4.69) is 11.4 Å². The van der Waals surface area contributed by atoms with Gasteiger partial charge >= 0.3 is 0 Å². The van der Waals surface area contributed by atoms with Gasteiger partial charge in [-0.1, -0.05) is 24.6 Å². The smallest absolute Gasteiger partial charge is 0.237 e. The molecule has 2 atom stereocenters. The van der Waals surface area contributed by atoms with E-state index in [-0.39, 0.29) is 18.5 Å². The largest absolute Gasteiger partial charge is 0.491 e. The number of carbonyl (C=O) groups is 1. The number of thiophene rings is 1. The van der Waals surface area contributed by atoms with Gasteiger partial charge in [0.1, 0.15) is 12.4 Å². The number of aliphatic hydroxyl groups is 1. The monoisotopic (exact) mass is 446 g/mol. The van der Waals surface area contributed by atoms with Gasteiger partial charge in [-0.05, 0) is 48.9 Å². The summed E-state index contributed by atoms with van der Waals surface area (Å²) in [4.78, 5) is 18.6. The number of amides is 1. The molecule has 0 radical (unpaired) electrons. The van der Waals surface area contributed by atoms with Crippen molar-refractivity contribution in [2.45, 2.75) is 38.8 Å². The third-order valence-corrected chi connectivity index (χ3v) is 6.75. The van der Waals surface area contributed by atoms with Gasteiger partial charge in [-0.3, -0.25) is 9.69 Å². The fraction of sp³-hybridized carbons (Fsp3) is 0.542. The number of ether oxygens (including phenoxy) is 2. The zero-order chi connectivity index (χ0) is 22.2. The molecule has 170 valence electrons. The number of aliphatic hydroxyl groups excluding tert-OH is 1. The van der Waals surface area contributed by atoms with Crippen LogP contribution in [0.15, 0.2) is 35.7 Å². The van der Waals surface area contributed by atoms with Gasteiger partial charge in [0.25, 0.3) is 0 Å². The Labute approximate surface area is 189 Å². The van der Waals surface area contributed by atoms with Crippen molar-refractivity contribution in [2.75, 3.05) is 46.5 Å². The Hall–Kier alpha value is -1.93. The molecule has 0 fully saturated rings. The lowest BCUT2D eigenvalue weighted by Crippen LogP contribution is -2.48. The molecule has 0 saturated carbocycles. The topological polar surface area (TPSA) is 62.2 Å². The Morgan fingerprint density at radius 3 is 2.81 bits per heavy atom. The van der Waals surface area contributed by atoms with Crippen molar-refractivity contribution in [1.82, 2.24) is 9.80 Å². The first-order valence-corrected chi connectivity index (χ1v) is 11.8. The highest BCUT2D eigenvalue weighted by molar-refractivity contribution is 7.10. The van der Waals surface area contributed by atoms with E-state index >= 15 is 0 Å². The van der Waals surface area contributed by atoms with Crippen LogP contribution in [0.25, 0.3) is 0 Å². The highest BCUT2D eigenvalue weighted by Crippen LogP contribution is 2.34. The average molecular weight is 447 g/mol. The van der Waals surface area contributed by atoms with E-state index in [0.717, 1.165) is 12.2 Å². The number of nitrogens with zero attached hydrogens (tertiary/aromatic N) is 2. The van der Waals surface area contributed by atoms with E-state index in [4.69, 9.17) is 9.47 Å². The van der Waals surface area contributed by atoms with E-state index in [1.807, 2.05) is 47.9 Å². The zero-order valence-corrected chi connectivity index (χ0v) is 19.6. The predicted octanol–water partition coefficient (Wildman–Crippen LogP) is 3.28. The fourth-order valence-corrected chi connectivity index (χ4v) is 4.78. The van der Waals surface area contributed by atoms with Gasteiger partial charge in [0.05, 0.1) is 25.3 Å². The summed E-state index contributed by atoms with van der Waals surface area (Å²) in [6.07, 6.45) is 1.08. The number of benzene rings is 1. The highest BCUT2D eigenvalue weighted by atomic mass is 32.1. The third kappa shape index (κ3) is 6.53. The summed E-state index contributed by atoms with van der Waals surface area (Å²) in [5, 5.41) is 12.2. The molecule has 1 aromatic carbocycles. The zero-order valence-electron chi connectivity index (χ0n) is 18.8. The van der Waals surface area contributed by atoms with Crippen LogP contribution in [-0.4, -0.2) is 73.4 Å². The van der Waals surface area contributed by atoms with Crippen LogP contribution in [0, 0.1) is 6.92 Å². The Kier molecular flexibility index (Phi) is 8.90. The number of methoxy groups -OCH3 is 1. The van der Waals surface area contributed by atoms with Crippen LogP contribution in [0.5, 0.6) is 5.75 Å². The maximum Gasteiger partial charge on any atom is 0.237 e. The van der Waals surface area contributed by atoms with Crippen molar-refractivity contribution in [2.24, 2.45) is 0 Å². The van der Waals surface area contributed by atoms with Crippen molar-refractivity contribution in [3.05, 3.63) is 51.7 Å². The number of rotatable bonds is 11.